The Labute approximate surface area is 97.1 Å². The molecule has 0 spiro atoms. The second-order valence-corrected chi connectivity index (χ2v) is 5.13. The van der Waals surface area contributed by atoms with Gasteiger partial charge in [-0.3, -0.25) is 4.21 Å². The van der Waals surface area contributed by atoms with Crippen molar-refractivity contribution in [2.24, 2.45) is 0 Å². The van der Waals surface area contributed by atoms with Gasteiger partial charge in [-0.2, -0.15) is 0 Å². The van der Waals surface area contributed by atoms with Gasteiger partial charge in [0.1, 0.15) is 11.3 Å². The maximum Gasteiger partial charge on any atom is 0.339 e. The fourth-order valence-electron chi connectivity index (χ4n) is 1.37. The zero-order valence-corrected chi connectivity index (χ0v) is 10.1. The van der Waals surface area contributed by atoms with Crippen molar-refractivity contribution in [1.29, 1.82) is 0 Å². The SMILES string of the molecule is CCCCCS(=O)Cc1occc1C(=O)O. The Morgan fingerprint density at radius 2 is 2.25 bits per heavy atom. The van der Waals surface area contributed by atoms with E-state index in [1.165, 1.54) is 12.3 Å². The van der Waals surface area contributed by atoms with E-state index in [1.54, 1.807) is 0 Å². The molecular formula is C11H16O4S. The highest BCUT2D eigenvalue weighted by Crippen LogP contribution is 2.13. The summed E-state index contributed by atoms with van der Waals surface area (Å²) in [6, 6.07) is 1.39. The second-order valence-electron chi connectivity index (χ2n) is 3.56. The average Bonchev–Trinajstić information content (AvgIpc) is 2.66. The number of unbranched alkanes of at least 4 members (excludes halogenated alkanes) is 2. The number of aromatic carboxylic acids is 1. The van der Waals surface area contributed by atoms with Gasteiger partial charge in [0.2, 0.25) is 0 Å². The topological polar surface area (TPSA) is 67.5 Å². The van der Waals surface area contributed by atoms with Gasteiger partial charge in [0, 0.05) is 16.6 Å². The van der Waals surface area contributed by atoms with Crippen LogP contribution in [0.25, 0.3) is 0 Å². The van der Waals surface area contributed by atoms with Crippen LogP contribution in [0.15, 0.2) is 16.7 Å². The van der Waals surface area contributed by atoms with Crippen LogP contribution in [0.5, 0.6) is 0 Å². The lowest BCUT2D eigenvalue weighted by Gasteiger charge is -2.00. The Bertz CT molecular complexity index is 370. The number of hydrogen-bond donors (Lipinski definition) is 1. The van der Waals surface area contributed by atoms with Gasteiger partial charge < -0.3 is 9.52 Å². The van der Waals surface area contributed by atoms with Crippen LogP contribution in [0.2, 0.25) is 0 Å². The molecule has 0 aliphatic rings. The molecule has 0 aromatic carbocycles. The summed E-state index contributed by atoms with van der Waals surface area (Å²) in [5.41, 5.74) is 0.115. The lowest BCUT2D eigenvalue weighted by molar-refractivity contribution is 0.0695. The van der Waals surface area contributed by atoms with Crippen LogP contribution < -0.4 is 0 Å². The highest BCUT2D eigenvalue weighted by Gasteiger charge is 2.15. The monoisotopic (exact) mass is 244 g/mol. The second kappa shape index (κ2) is 6.48. The van der Waals surface area contributed by atoms with Crippen LogP contribution in [-0.4, -0.2) is 21.0 Å². The van der Waals surface area contributed by atoms with Crippen molar-refractivity contribution >= 4 is 16.8 Å². The lowest BCUT2D eigenvalue weighted by Crippen LogP contribution is -2.05. The Morgan fingerprint density at radius 1 is 1.50 bits per heavy atom. The zero-order valence-electron chi connectivity index (χ0n) is 9.27. The standard InChI is InChI=1S/C11H16O4S/c1-2-3-4-7-16(14)8-10-9(11(12)13)5-6-15-10/h5-6H,2-4,7-8H2,1H3,(H,12,13). The van der Waals surface area contributed by atoms with Crippen LogP contribution in [0.4, 0.5) is 0 Å². The third kappa shape index (κ3) is 3.81. The summed E-state index contributed by atoms with van der Waals surface area (Å²) in [6.07, 6.45) is 4.36. The van der Waals surface area contributed by atoms with Crippen LogP contribution in [0.1, 0.15) is 42.3 Å². The molecule has 1 aromatic heterocycles. The van der Waals surface area contributed by atoms with Crippen molar-refractivity contribution in [3.8, 4) is 0 Å². The number of carboxylic acid groups (broad SMARTS) is 1. The zero-order chi connectivity index (χ0) is 12.0. The smallest absolute Gasteiger partial charge is 0.339 e. The number of rotatable bonds is 7. The van der Waals surface area contributed by atoms with E-state index < -0.39 is 16.8 Å². The molecule has 0 amide bonds. The number of carbonyl (C=O) groups is 1. The third-order valence-corrected chi connectivity index (χ3v) is 3.57. The maximum atomic E-state index is 11.6. The molecule has 0 bridgehead atoms. The number of hydrogen-bond acceptors (Lipinski definition) is 3. The molecule has 1 N–H and O–H groups in total. The first-order chi connectivity index (χ1) is 7.65. The minimum Gasteiger partial charge on any atom is -0.478 e. The van der Waals surface area contributed by atoms with E-state index in [4.69, 9.17) is 9.52 Å². The van der Waals surface area contributed by atoms with Crippen LogP contribution in [0.3, 0.4) is 0 Å². The van der Waals surface area contributed by atoms with Crippen LogP contribution >= 0.6 is 0 Å². The lowest BCUT2D eigenvalue weighted by atomic mass is 10.3. The van der Waals surface area contributed by atoms with E-state index in [0.29, 0.717) is 11.5 Å². The fourth-order valence-corrected chi connectivity index (χ4v) is 2.56. The largest absolute Gasteiger partial charge is 0.478 e. The minimum absolute atomic E-state index is 0.115. The van der Waals surface area contributed by atoms with Crippen LogP contribution in [0, 0.1) is 0 Å². The summed E-state index contributed by atoms with van der Waals surface area (Å²) in [7, 11) is -1.03. The molecule has 1 heterocycles. The third-order valence-electron chi connectivity index (χ3n) is 2.24. The Morgan fingerprint density at radius 3 is 2.88 bits per heavy atom. The fraction of sp³-hybridized carbons (Fsp3) is 0.545. The van der Waals surface area contributed by atoms with Gasteiger partial charge in [-0.15, -0.1) is 0 Å². The van der Waals surface area contributed by atoms with E-state index in [1.807, 2.05) is 0 Å². The Hall–Kier alpha value is -1.10. The summed E-state index contributed by atoms with van der Waals surface area (Å²) < 4.78 is 16.6. The molecule has 4 nitrogen and oxygen atoms in total. The first-order valence-electron chi connectivity index (χ1n) is 5.29. The quantitative estimate of drug-likeness (QED) is 0.748. The summed E-state index contributed by atoms with van der Waals surface area (Å²) in [5, 5.41) is 8.82. The van der Waals surface area contributed by atoms with Crippen LogP contribution in [-0.2, 0) is 16.6 Å². The molecule has 0 saturated carbocycles. The van der Waals surface area contributed by atoms with Crippen molar-refractivity contribution in [1.82, 2.24) is 0 Å². The van der Waals surface area contributed by atoms with E-state index in [2.05, 4.69) is 6.92 Å². The molecule has 1 unspecified atom stereocenters. The first-order valence-corrected chi connectivity index (χ1v) is 6.78. The van der Waals surface area contributed by atoms with Crippen molar-refractivity contribution in [3.05, 3.63) is 23.7 Å². The van der Waals surface area contributed by atoms with E-state index in [9.17, 15) is 9.00 Å². The normalized spacial score (nSPS) is 12.6. The van der Waals surface area contributed by atoms with Gasteiger partial charge in [-0.25, -0.2) is 4.79 Å². The highest BCUT2D eigenvalue weighted by molar-refractivity contribution is 7.84. The Balaban J connectivity index is 2.49. The molecule has 1 aromatic rings. The minimum atomic E-state index is -1.03. The molecule has 0 fully saturated rings. The predicted octanol–water partition coefficient (Wildman–Crippen LogP) is 2.42. The number of carboxylic acids is 1. The molecular weight excluding hydrogens is 228 g/mol. The molecule has 0 aliphatic heterocycles. The van der Waals surface area contributed by atoms with E-state index >= 15 is 0 Å². The summed E-state index contributed by atoms with van der Waals surface area (Å²) in [4.78, 5) is 10.8. The van der Waals surface area contributed by atoms with Gasteiger partial charge in [0.05, 0.1) is 12.0 Å². The maximum absolute atomic E-state index is 11.6. The van der Waals surface area contributed by atoms with Gasteiger partial charge in [0.25, 0.3) is 0 Å². The van der Waals surface area contributed by atoms with Crippen molar-refractivity contribution in [2.75, 3.05) is 5.75 Å². The molecule has 16 heavy (non-hydrogen) atoms. The Kier molecular flexibility index (Phi) is 5.25. The summed E-state index contributed by atoms with van der Waals surface area (Å²) in [6.45, 7) is 2.08. The van der Waals surface area contributed by atoms with Crippen molar-refractivity contribution < 1.29 is 18.5 Å². The molecule has 1 rings (SSSR count). The molecule has 0 saturated heterocycles. The molecule has 0 radical (unpaired) electrons. The molecule has 90 valence electrons. The summed E-state index contributed by atoms with van der Waals surface area (Å²) >= 11 is 0. The summed E-state index contributed by atoms with van der Waals surface area (Å²) in [5.74, 6) is 0.0722. The van der Waals surface area contributed by atoms with Gasteiger partial charge in [0.15, 0.2) is 0 Å². The van der Waals surface area contributed by atoms with Gasteiger partial charge in [-0.1, -0.05) is 19.8 Å². The van der Waals surface area contributed by atoms with Crippen molar-refractivity contribution in [3.63, 3.8) is 0 Å². The number of furan rings is 1. The predicted molar refractivity (Wildman–Crippen MR) is 61.9 cm³/mol. The molecule has 5 heteroatoms. The molecule has 1 atom stereocenters. The average molecular weight is 244 g/mol. The van der Waals surface area contributed by atoms with E-state index in [-0.39, 0.29) is 11.3 Å². The first kappa shape index (κ1) is 13.0. The molecule has 0 aliphatic carbocycles. The van der Waals surface area contributed by atoms with Gasteiger partial charge in [-0.05, 0) is 12.5 Å². The highest BCUT2D eigenvalue weighted by atomic mass is 32.2. The van der Waals surface area contributed by atoms with Crippen molar-refractivity contribution in [2.45, 2.75) is 31.9 Å². The van der Waals surface area contributed by atoms with E-state index in [0.717, 1.165) is 19.3 Å². The van der Waals surface area contributed by atoms with Gasteiger partial charge >= 0.3 is 5.97 Å².